The van der Waals surface area contributed by atoms with Gasteiger partial charge in [0.1, 0.15) is 0 Å². The largest absolute Gasteiger partial charge is 0.317 e. The molecule has 2 nitrogen and oxygen atoms in total. The van der Waals surface area contributed by atoms with Gasteiger partial charge in [0.05, 0.1) is 3.57 Å². The minimum atomic E-state index is -2.42. The Morgan fingerprint density at radius 3 is 3.20 bits per heavy atom. The normalized spacial score (nSPS) is 15.6. The van der Waals surface area contributed by atoms with E-state index in [0.717, 1.165) is 4.57 Å². The summed E-state index contributed by atoms with van der Waals surface area (Å²) >= 11 is 4.93. The van der Waals surface area contributed by atoms with Crippen molar-refractivity contribution in [1.82, 2.24) is 4.57 Å². The molecule has 1 aromatic rings. The highest BCUT2D eigenvalue weighted by Crippen LogP contribution is 2.08. The second-order valence-corrected chi connectivity index (χ2v) is 3.76. The first-order chi connectivity index (χ1) is 5.82. The zero-order valence-electron chi connectivity index (χ0n) is 7.77. The van der Waals surface area contributed by atoms with Gasteiger partial charge in [0.2, 0.25) is 0 Å². The van der Waals surface area contributed by atoms with E-state index < -0.39 is 12.5 Å². The molecule has 0 spiro atoms. The fraction of sp³-hybridized carbons (Fsp3) is 0.167. The third-order valence-electron chi connectivity index (χ3n) is 0.940. The van der Waals surface area contributed by atoms with Crippen molar-refractivity contribution < 1.29 is 4.11 Å². The third-order valence-corrected chi connectivity index (χ3v) is 2.15. The van der Waals surface area contributed by atoms with E-state index in [4.69, 9.17) is 4.11 Å². The Morgan fingerprint density at radius 2 is 2.60 bits per heavy atom. The van der Waals surface area contributed by atoms with E-state index in [9.17, 15) is 4.79 Å². The van der Waals surface area contributed by atoms with Gasteiger partial charge in [0.15, 0.2) is 0 Å². The van der Waals surface area contributed by atoms with Gasteiger partial charge in [-0.2, -0.15) is 0 Å². The van der Waals surface area contributed by atoms with E-state index in [-0.39, 0.29) is 0 Å². The zero-order chi connectivity index (χ0) is 10.2. The van der Waals surface area contributed by atoms with Crippen LogP contribution in [0.15, 0.2) is 21.5 Å². The number of rotatable bonds is 0. The van der Waals surface area contributed by atoms with Crippen LogP contribution >= 0.6 is 38.5 Å². The van der Waals surface area contributed by atoms with Crippen LogP contribution in [0, 0.1) is 3.57 Å². The van der Waals surface area contributed by atoms with Gasteiger partial charge in [-0.05, 0) is 44.6 Å². The monoisotopic (exact) mass is 316 g/mol. The molecule has 0 unspecified atom stereocenters. The molecule has 4 heteroatoms. The summed E-state index contributed by atoms with van der Waals surface area (Å²) in [5.41, 5.74) is -0.496. The average molecular weight is 317 g/mol. The van der Waals surface area contributed by atoms with Crippen molar-refractivity contribution in [2.75, 3.05) is 0 Å². The number of aromatic nitrogens is 1. The number of hydrogen-bond acceptors (Lipinski definition) is 1. The Morgan fingerprint density at radius 1 is 1.90 bits per heavy atom. The van der Waals surface area contributed by atoms with Crippen LogP contribution in [-0.2, 0) is 6.98 Å². The van der Waals surface area contributed by atoms with Gasteiger partial charge in [-0.1, -0.05) is 0 Å². The molecule has 1 aromatic heterocycles. The Balaban J connectivity index is 3.47. The van der Waals surface area contributed by atoms with E-state index in [0.29, 0.717) is 8.04 Å². The molecule has 0 atom stereocenters. The molecule has 0 aliphatic heterocycles. The molecule has 0 aliphatic carbocycles. The van der Waals surface area contributed by atoms with Gasteiger partial charge in [-0.3, -0.25) is 4.79 Å². The standard InChI is InChI=1S/C6H5BrINO/c1-9-3-4(7)2-5(8)6(9)10/h2-3H,1H3/i1D3. The second-order valence-electron chi connectivity index (χ2n) is 1.68. The maximum atomic E-state index is 11.3. The molecular formula is C6H5BrINO. The quantitative estimate of drug-likeness (QED) is 0.668. The summed E-state index contributed by atoms with van der Waals surface area (Å²) in [5.74, 6) is 0. The number of nitrogens with zero attached hydrogens (tertiary/aromatic N) is 1. The van der Waals surface area contributed by atoms with E-state index in [1.165, 1.54) is 6.20 Å². The first-order valence-corrected chi connectivity index (χ1v) is 4.28. The Hall–Kier alpha value is 0.160. The summed E-state index contributed by atoms with van der Waals surface area (Å²) in [6.45, 7) is -2.42. The molecule has 10 heavy (non-hydrogen) atoms. The molecule has 0 bridgehead atoms. The first kappa shape index (κ1) is 4.92. The van der Waals surface area contributed by atoms with Crippen molar-refractivity contribution in [3.63, 3.8) is 0 Å². The van der Waals surface area contributed by atoms with Crippen LogP contribution in [0.5, 0.6) is 0 Å². The van der Waals surface area contributed by atoms with Crippen molar-refractivity contribution >= 4 is 38.5 Å². The topological polar surface area (TPSA) is 22.0 Å². The van der Waals surface area contributed by atoms with E-state index in [1.807, 2.05) is 0 Å². The summed E-state index contributed by atoms with van der Waals surface area (Å²) in [5, 5.41) is 0. The van der Waals surface area contributed by atoms with Gasteiger partial charge < -0.3 is 4.57 Å². The number of hydrogen-bond donors (Lipinski definition) is 0. The summed E-state index contributed by atoms with van der Waals surface area (Å²) in [6, 6.07) is 1.57. The fourth-order valence-corrected chi connectivity index (χ4v) is 1.97. The van der Waals surface area contributed by atoms with Crippen molar-refractivity contribution in [3.05, 3.63) is 30.7 Å². The van der Waals surface area contributed by atoms with E-state index in [1.54, 1.807) is 28.7 Å². The highest BCUT2D eigenvalue weighted by molar-refractivity contribution is 14.1. The van der Waals surface area contributed by atoms with Gasteiger partial charge in [0.25, 0.3) is 5.56 Å². The molecule has 54 valence electrons. The molecule has 0 amide bonds. The van der Waals surface area contributed by atoms with Crippen LogP contribution in [0.4, 0.5) is 0 Å². The highest BCUT2D eigenvalue weighted by atomic mass is 127. The van der Waals surface area contributed by atoms with Crippen LogP contribution in [0.25, 0.3) is 0 Å². The first-order valence-electron chi connectivity index (χ1n) is 3.90. The van der Waals surface area contributed by atoms with Gasteiger partial charge in [-0.25, -0.2) is 0 Å². The summed E-state index contributed by atoms with van der Waals surface area (Å²) in [4.78, 5) is 11.3. The molecule has 0 aliphatic rings. The van der Waals surface area contributed by atoms with Gasteiger partial charge >= 0.3 is 0 Å². The zero-order valence-corrected chi connectivity index (χ0v) is 8.51. The second kappa shape index (κ2) is 3.04. The Labute approximate surface area is 84.7 Å². The van der Waals surface area contributed by atoms with Crippen LogP contribution in [0.3, 0.4) is 0 Å². The van der Waals surface area contributed by atoms with Crippen molar-refractivity contribution in [2.45, 2.75) is 0 Å². The maximum absolute atomic E-state index is 11.3. The van der Waals surface area contributed by atoms with Crippen LogP contribution in [0.1, 0.15) is 4.11 Å². The molecule has 1 rings (SSSR count). The molecule has 0 fully saturated rings. The lowest BCUT2D eigenvalue weighted by Gasteiger charge is -1.97. The minimum absolute atomic E-state index is 0.378. The van der Waals surface area contributed by atoms with Gasteiger partial charge in [-0.15, -0.1) is 0 Å². The van der Waals surface area contributed by atoms with E-state index in [2.05, 4.69) is 15.9 Å². The highest BCUT2D eigenvalue weighted by Gasteiger charge is 1.97. The Bertz CT molecular complexity index is 386. The maximum Gasteiger partial charge on any atom is 0.263 e. The lowest BCUT2D eigenvalue weighted by Crippen LogP contribution is -2.18. The van der Waals surface area contributed by atoms with Crippen LogP contribution < -0.4 is 5.56 Å². The van der Waals surface area contributed by atoms with Crippen LogP contribution in [-0.4, -0.2) is 4.57 Å². The molecule has 1 heterocycles. The average Bonchev–Trinajstić information content (AvgIpc) is 1.94. The fourth-order valence-electron chi connectivity index (χ4n) is 0.517. The number of pyridine rings is 1. The predicted octanol–water partition coefficient (Wildman–Crippen LogP) is 1.75. The molecule has 0 aromatic carbocycles. The SMILES string of the molecule is [2H]C([2H])([2H])n1cc(Br)cc(I)c1=O. The molecule has 0 saturated heterocycles. The molecule has 0 saturated carbocycles. The molecule has 0 N–H and O–H groups in total. The van der Waals surface area contributed by atoms with E-state index >= 15 is 0 Å². The smallest absolute Gasteiger partial charge is 0.263 e. The van der Waals surface area contributed by atoms with Crippen molar-refractivity contribution in [2.24, 2.45) is 6.98 Å². The molecular weight excluding hydrogens is 309 g/mol. The predicted molar refractivity (Wildman–Crippen MR) is 52.1 cm³/mol. The van der Waals surface area contributed by atoms with Crippen LogP contribution in [0.2, 0.25) is 0 Å². The summed E-state index contributed by atoms with van der Waals surface area (Å²) in [6.07, 6.45) is 1.26. The lowest BCUT2D eigenvalue weighted by molar-refractivity contribution is 0.848. The Kier molecular flexibility index (Phi) is 1.50. The van der Waals surface area contributed by atoms with Gasteiger partial charge in [0, 0.05) is 21.8 Å². The number of halogens is 2. The lowest BCUT2D eigenvalue weighted by atomic mass is 10.5. The van der Waals surface area contributed by atoms with Crippen molar-refractivity contribution in [3.8, 4) is 0 Å². The third kappa shape index (κ3) is 1.60. The minimum Gasteiger partial charge on any atom is -0.317 e. The summed E-state index contributed by atoms with van der Waals surface area (Å²) in [7, 11) is 0. The summed E-state index contributed by atoms with van der Waals surface area (Å²) < 4.78 is 22.9. The van der Waals surface area contributed by atoms with Crippen molar-refractivity contribution in [1.29, 1.82) is 0 Å². The number of aryl methyl sites for hydroxylation is 1. The molecule has 0 radical (unpaired) electrons.